The van der Waals surface area contributed by atoms with Gasteiger partial charge in [0.2, 0.25) is 0 Å². The number of carbonyl (C=O) groups excluding carboxylic acids is 1. The minimum Gasteiger partial charge on any atom is -0.509 e. The Bertz CT molecular complexity index is 99.5. The van der Waals surface area contributed by atoms with Crippen LogP contribution in [-0.4, -0.2) is 16.5 Å². The largest absolute Gasteiger partial charge is 0.509 e. The van der Waals surface area contributed by atoms with Crippen LogP contribution < -0.4 is 0 Å². The van der Waals surface area contributed by atoms with E-state index in [1.807, 2.05) is 0 Å². The van der Waals surface area contributed by atoms with Crippen molar-refractivity contribution in [2.75, 3.05) is 0 Å². The molecule has 0 heterocycles. The number of rotatable bonds is 1. The highest BCUT2D eigenvalue weighted by atomic mass is 16.3. The molecule has 0 radical (unpaired) electrons. The van der Waals surface area contributed by atoms with Crippen LogP contribution in [0.1, 0.15) is 6.92 Å². The summed E-state index contributed by atoms with van der Waals surface area (Å²) in [5.41, 5.74) is 0. The topological polar surface area (TPSA) is 57.5 Å². The lowest BCUT2D eigenvalue weighted by Gasteiger charge is -1.85. The quantitative estimate of drug-likeness (QED) is 0.288. The predicted molar refractivity (Wildman–Crippen MR) is 24.0 cm³/mol. The maximum Gasteiger partial charge on any atom is 0.193 e. The summed E-state index contributed by atoms with van der Waals surface area (Å²) < 4.78 is 0. The SMILES string of the molecule is CC(O)=C(O)C=O. The van der Waals surface area contributed by atoms with Gasteiger partial charge >= 0.3 is 0 Å². The van der Waals surface area contributed by atoms with E-state index < -0.39 is 5.76 Å². The van der Waals surface area contributed by atoms with Gasteiger partial charge in [0.1, 0.15) is 5.76 Å². The van der Waals surface area contributed by atoms with Crippen molar-refractivity contribution in [2.24, 2.45) is 0 Å². The van der Waals surface area contributed by atoms with Gasteiger partial charge in [0, 0.05) is 0 Å². The standard InChI is InChI=1S/C4H6O3/c1-3(6)4(7)2-5/h2,6-7H,1H3. The van der Waals surface area contributed by atoms with E-state index in [0.717, 1.165) is 0 Å². The molecule has 0 aromatic heterocycles. The Hall–Kier alpha value is -0.990. The maximum absolute atomic E-state index is 9.48. The molecule has 0 fully saturated rings. The van der Waals surface area contributed by atoms with Crippen LogP contribution in [0, 0.1) is 0 Å². The van der Waals surface area contributed by atoms with Crippen LogP contribution in [0.5, 0.6) is 0 Å². The molecule has 0 aliphatic carbocycles. The van der Waals surface area contributed by atoms with E-state index in [9.17, 15) is 4.79 Å². The van der Waals surface area contributed by atoms with E-state index in [1.54, 1.807) is 0 Å². The summed E-state index contributed by atoms with van der Waals surface area (Å²) in [6.45, 7) is 1.23. The molecule has 40 valence electrons. The van der Waals surface area contributed by atoms with Crippen LogP contribution >= 0.6 is 0 Å². The Balaban J connectivity index is 3.98. The molecule has 0 rings (SSSR count). The number of aliphatic hydroxyl groups is 2. The van der Waals surface area contributed by atoms with Crippen molar-refractivity contribution < 1.29 is 15.0 Å². The van der Waals surface area contributed by atoms with Gasteiger partial charge in [-0.05, 0) is 6.92 Å². The first-order valence-electron chi connectivity index (χ1n) is 1.72. The van der Waals surface area contributed by atoms with Gasteiger partial charge in [0.15, 0.2) is 12.0 Å². The van der Waals surface area contributed by atoms with Crippen molar-refractivity contribution in [1.29, 1.82) is 0 Å². The molecule has 0 aliphatic rings. The highest BCUT2D eigenvalue weighted by Crippen LogP contribution is 1.88. The lowest BCUT2D eigenvalue weighted by molar-refractivity contribution is -0.107. The first kappa shape index (κ1) is 6.01. The number of hydrogen-bond donors (Lipinski definition) is 2. The van der Waals surface area contributed by atoms with E-state index in [0.29, 0.717) is 0 Å². The van der Waals surface area contributed by atoms with E-state index in [2.05, 4.69) is 0 Å². The van der Waals surface area contributed by atoms with Crippen molar-refractivity contribution in [3.05, 3.63) is 11.5 Å². The Morgan fingerprint density at radius 1 is 1.57 bits per heavy atom. The summed E-state index contributed by atoms with van der Waals surface area (Å²) in [6, 6.07) is 0. The average molecular weight is 102 g/mol. The molecule has 2 N–H and O–H groups in total. The summed E-state index contributed by atoms with van der Waals surface area (Å²) in [4.78, 5) is 9.48. The molecule has 0 atom stereocenters. The van der Waals surface area contributed by atoms with Gasteiger partial charge in [0.05, 0.1) is 0 Å². The molecule has 3 nitrogen and oxygen atoms in total. The van der Waals surface area contributed by atoms with E-state index in [4.69, 9.17) is 10.2 Å². The number of hydrogen-bond acceptors (Lipinski definition) is 3. The third-order valence-corrected chi connectivity index (χ3v) is 0.482. The van der Waals surface area contributed by atoms with Crippen molar-refractivity contribution in [2.45, 2.75) is 6.92 Å². The number of carbonyl (C=O) groups is 1. The molecule has 3 heteroatoms. The second-order valence-electron chi connectivity index (χ2n) is 1.09. The molecule has 0 saturated carbocycles. The minimum atomic E-state index is -0.611. The second-order valence-corrected chi connectivity index (χ2v) is 1.09. The van der Waals surface area contributed by atoms with Gasteiger partial charge in [0.25, 0.3) is 0 Å². The second kappa shape index (κ2) is 2.23. The molecule has 0 aromatic rings. The smallest absolute Gasteiger partial charge is 0.193 e. The van der Waals surface area contributed by atoms with Crippen molar-refractivity contribution in [1.82, 2.24) is 0 Å². The Morgan fingerprint density at radius 2 is 2.00 bits per heavy atom. The maximum atomic E-state index is 9.48. The van der Waals surface area contributed by atoms with E-state index in [-0.39, 0.29) is 12.0 Å². The molecule has 0 bridgehead atoms. The average Bonchev–Trinajstić information content (AvgIpc) is 1.65. The molecule has 0 saturated heterocycles. The lowest BCUT2D eigenvalue weighted by Crippen LogP contribution is -1.85. The Kier molecular flexibility index (Phi) is 1.91. The van der Waals surface area contributed by atoms with Gasteiger partial charge in [-0.1, -0.05) is 0 Å². The van der Waals surface area contributed by atoms with Gasteiger partial charge in [-0.15, -0.1) is 0 Å². The minimum absolute atomic E-state index is 0.176. The van der Waals surface area contributed by atoms with Crippen LogP contribution in [0.15, 0.2) is 11.5 Å². The Morgan fingerprint density at radius 3 is 2.00 bits per heavy atom. The normalized spacial score (nSPS) is 12.7. The first-order chi connectivity index (χ1) is 3.18. The molecular weight excluding hydrogens is 96.0 g/mol. The van der Waals surface area contributed by atoms with Crippen LogP contribution in [0.2, 0.25) is 0 Å². The van der Waals surface area contributed by atoms with E-state index >= 15 is 0 Å². The summed E-state index contributed by atoms with van der Waals surface area (Å²) in [5, 5.41) is 16.4. The highest BCUT2D eigenvalue weighted by molar-refractivity contribution is 5.69. The van der Waals surface area contributed by atoms with Gasteiger partial charge in [-0.3, -0.25) is 4.79 Å². The summed E-state index contributed by atoms with van der Waals surface area (Å²) in [5.74, 6) is -0.963. The van der Waals surface area contributed by atoms with Crippen LogP contribution in [0.4, 0.5) is 0 Å². The van der Waals surface area contributed by atoms with Crippen LogP contribution in [0.3, 0.4) is 0 Å². The van der Waals surface area contributed by atoms with E-state index in [1.165, 1.54) is 6.92 Å². The first-order valence-corrected chi connectivity index (χ1v) is 1.72. The molecule has 0 amide bonds. The molecule has 0 aliphatic heterocycles. The highest BCUT2D eigenvalue weighted by Gasteiger charge is 1.90. The number of allylic oxidation sites excluding steroid dienone is 2. The zero-order chi connectivity index (χ0) is 5.86. The summed E-state index contributed by atoms with van der Waals surface area (Å²) in [6.07, 6.45) is 0.176. The molecule has 0 aromatic carbocycles. The molecule has 0 unspecified atom stereocenters. The van der Waals surface area contributed by atoms with Crippen molar-refractivity contribution in [3.63, 3.8) is 0 Å². The summed E-state index contributed by atoms with van der Waals surface area (Å²) in [7, 11) is 0. The zero-order valence-corrected chi connectivity index (χ0v) is 3.88. The van der Waals surface area contributed by atoms with Crippen molar-refractivity contribution in [3.8, 4) is 0 Å². The van der Waals surface area contributed by atoms with Gasteiger partial charge in [-0.2, -0.15) is 0 Å². The number of aldehydes is 1. The third-order valence-electron chi connectivity index (χ3n) is 0.482. The van der Waals surface area contributed by atoms with Crippen LogP contribution in [-0.2, 0) is 4.79 Å². The zero-order valence-electron chi connectivity index (χ0n) is 3.88. The Labute approximate surface area is 40.9 Å². The van der Waals surface area contributed by atoms with Crippen LogP contribution in [0.25, 0.3) is 0 Å². The number of aliphatic hydroxyl groups excluding tert-OH is 2. The monoisotopic (exact) mass is 102 g/mol. The lowest BCUT2D eigenvalue weighted by atomic mass is 10.5. The van der Waals surface area contributed by atoms with Crippen molar-refractivity contribution >= 4 is 6.29 Å². The van der Waals surface area contributed by atoms with Gasteiger partial charge in [-0.25, -0.2) is 0 Å². The summed E-state index contributed by atoms with van der Waals surface area (Å²) >= 11 is 0. The predicted octanol–water partition coefficient (Wildman–Crippen LogP) is 0.533. The fraction of sp³-hybridized carbons (Fsp3) is 0.250. The fourth-order valence-electron chi connectivity index (χ4n) is 0.0853. The third kappa shape index (κ3) is 1.81. The molecule has 0 spiro atoms. The molecular formula is C4H6O3. The fourth-order valence-corrected chi connectivity index (χ4v) is 0.0853. The molecule has 7 heavy (non-hydrogen) atoms. The van der Waals surface area contributed by atoms with Gasteiger partial charge < -0.3 is 10.2 Å².